The molecule has 0 saturated heterocycles. The molecule has 0 radical (unpaired) electrons. The van der Waals surface area contributed by atoms with E-state index in [-0.39, 0.29) is 24.9 Å². The van der Waals surface area contributed by atoms with Crippen LogP contribution in [0.2, 0.25) is 0 Å². The number of fused-ring (bicyclic) bond motifs is 1. The van der Waals surface area contributed by atoms with Crippen molar-refractivity contribution < 1.29 is 27.2 Å². The molecule has 1 aliphatic rings. The van der Waals surface area contributed by atoms with Crippen LogP contribution in [0.15, 0.2) is 22.7 Å². The molecule has 0 aliphatic carbocycles. The van der Waals surface area contributed by atoms with Crippen molar-refractivity contribution in [3.63, 3.8) is 0 Å². The van der Waals surface area contributed by atoms with Gasteiger partial charge in [-0.15, -0.1) is 0 Å². The van der Waals surface area contributed by atoms with Crippen LogP contribution in [0.1, 0.15) is 31.7 Å². The fourth-order valence-corrected chi connectivity index (χ4v) is 1.82. The third-order valence-electron chi connectivity index (χ3n) is 2.83. The zero-order chi connectivity index (χ0) is 17.7. The fourth-order valence-electron chi connectivity index (χ4n) is 1.82. The lowest BCUT2D eigenvalue weighted by Crippen LogP contribution is -2.25. The third-order valence-corrected chi connectivity index (χ3v) is 2.83. The van der Waals surface area contributed by atoms with Crippen molar-refractivity contribution >= 4 is 5.91 Å². The monoisotopic (exact) mass is 343 g/mol. The van der Waals surface area contributed by atoms with Gasteiger partial charge in [-0.05, 0) is 6.07 Å². The number of halogens is 3. The summed E-state index contributed by atoms with van der Waals surface area (Å²) in [5.74, 6) is -1.49. The van der Waals surface area contributed by atoms with Gasteiger partial charge in [0.15, 0.2) is 6.61 Å². The van der Waals surface area contributed by atoms with Gasteiger partial charge < -0.3 is 14.6 Å². The second kappa shape index (κ2) is 7.33. The van der Waals surface area contributed by atoms with Gasteiger partial charge >= 0.3 is 12.1 Å². The summed E-state index contributed by atoms with van der Waals surface area (Å²) in [6.07, 6.45) is -3.44. The standard InChI is InChI=1S/C12H8F3N3O3.C3H8/c13-12(14,15)11-17-10(18-21-11)6-1-2-7-4-16-9(19)5-20-8(7)3-6;1-3-2/h1-3H,4-5H2,(H,16,19);3H2,1-2H3. The highest BCUT2D eigenvalue weighted by Gasteiger charge is 2.38. The number of alkyl halides is 3. The fraction of sp³-hybridized carbons (Fsp3) is 0.400. The lowest BCUT2D eigenvalue weighted by Gasteiger charge is -2.06. The average molecular weight is 343 g/mol. The lowest BCUT2D eigenvalue weighted by atomic mass is 10.1. The summed E-state index contributed by atoms with van der Waals surface area (Å²) in [6.45, 7) is 4.38. The quantitative estimate of drug-likeness (QED) is 0.860. The van der Waals surface area contributed by atoms with Gasteiger partial charge in [0.1, 0.15) is 5.75 Å². The zero-order valence-corrected chi connectivity index (χ0v) is 13.1. The molecule has 1 N–H and O–H groups in total. The summed E-state index contributed by atoms with van der Waals surface area (Å²) in [4.78, 5) is 14.5. The van der Waals surface area contributed by atoms with Crippen molar-refractivity contribution in [1.82, 2.24) is 15.5 Å². The number of aromatic nitrogens is 2. The topological polar surface area (TPSA) is 77.2 Å². The first-order chi connectivity index (χ1) is 11.3. The lowest BCUT2D eigenvalue weighted by molar-refractivity contribution is -0.159. The predicted molar refractivity (Wildman–Crippen MR) is 78.0 cm³/mol. The third kappa shape index (κ3) is 4.24. The van der Waals surface area contributed by atoms with Crippen LogP contribution in [0.4, 0.5) is 13.2 Å². The first-order valence-corrected chi connectivity index (χ1v) is 7.28. The van der Waals surface area contributed by atoms with Gasteiger partial charge in [0.2, 0.25) is 5.82 Å². The Hall–Kier alpha value is -2.58. The number of nitrogens with one attached hydrogen (secondary N) is 1. The largest absolute Gasteiger partial charge is 0.483 e. The summed E-state index contributed by atoms with van der Waals surface area (Å²) >= 11 is 0. The second-order valence-electron chi connectivity index (χ2n) is 5.02. The summed E-state index contributed by atoms with van der Waals surface area (Å²) in [7, 11) is 0. The number of benzene rings is 1. The minimum atomic E-state index is -4.69. The molecule has 6 nitrogen and oxygen atoms in total. The summed E-state index contributed by atoms with van der Waals surface area (Å²) in [5.41, 5.74) is 1.02. The Labute approximate surface area is 136 Å². The van der Waals surface area contributed by atoms with Crippen LogP contribution in [-0.2, 0) is 17.5 Å². The minimum absolute atomic E-state index is 0.156. The molecule has 130 valence electrons. The van der Waals surface area contributed by atoms with E-state index in [4.69, 9.17) is 4.74 Å². The number of nitrogens with zero attached hydrogens (tertiary/aromatic N) is 2. The van der Waals surface area contributed by atoms with E-state index >= 15 is 0 Å². The maximum atomic E-state index is 12.4. The molecule has 0 saturated carbocycles. The maximum absolute atomic E-state index is 12.4. The first kappa shape index (κ1) is 17.8. The van der Waals surface area contributed by atoms with E-state index in [0.29, 0.717) is 16.9 Å². The van der Waals surface area contributed by atoms with Crippen molar-refractivity contribution in [3.05, 3.63) is 29.7 Å². The van der Waals surface area contributed by atoms with Gasteiger partial charge in [-0.1, -0.05) is 37.6 Å². The molecule has 1 amide bonds. The van der Waals surface area contributed by atoms with Crippen molar-refractivity contribution in [2.45, 2.75) is 33.0 Å². The second-order valence-corrected chi connectivity index (χ2v) is 5.02. The molecule has 0 fully saturated rings. The highest BCUT2D eigenvalue weighted by atomic mass is 19.4. The zero-order valence-electron chi connectivity index (χ0n) is 13.1. The Morgan fingerprint density at radius 2 is 2.00 bits per heavy atom. The van der Waals surface area contributed by atoms with E-state index in [2.05, 4.69) is 33.8 Å². The number of amides is 1. The highest BCUT2D eigenvalue weighted by molar-refractivity contribution is 5.78. The van der Waals surface area contributed by atoms with Crippen LogP contribution in [0, 0.1) is 0 Å². The van der Waals surface area contributed by atoms with Crippen LogP contribution < -0.4 is 10.1 Å². The molecule has 2 heterocycles. The molecule has 0 bridgehead atoms. The van der Waals surface area contributed by atoms with Crippen LogP contribution in [0.25, 0.3) is 11.4 Å². The molecule has 0 unspecified atom stereocenters. The highest BCUT2D eigenvalue weighted by Crippen LogP contribution is 2.31. The molecular weight excluding hydrogens is 327 g/mol. The van der Waals surface area contributed by atoms with Crippen LogP contribution in [0.3, 0.4) is 0 Å². The number of rotatable bonds is 1. The van der Waals surface area contributed by atoms with Gasteiger partial charge in [-0.2, -0.15) is 18.2 Å². The smallest absolute Gasteiger partial charge is 0.471 e. The van der Waals surface area contributed by atoms with Gasteiger partial charge in [-0.3, -0.25) is 4.79 Å². The number of carbonyl (C=O) groups excluding carboxylic acids is 1. The van der Waals surface area contributed by atoms with Gasteiger partial charge in [0, 0.05) is 17.7 Å². The van der Waals surface area contributed by atoms with Crippen LogP contribution in [-0.4, -0.2) is 22.7 Å². The van der Waals surface area contributed by atoms with Crippen molar-refractivity contribution in [2.24, 2.45) is 0 Å². The molecule has 9 heteroatoms. The predicted octanol–water partition coefficient (Wildman–Crippen LogP) is 3.18. The Morgan fingerprint density at radius 3 is 2.62 bits per heavy atom. The molecule has 1 aromatic heterocycles. The first-order valence-electron chi connectivity index (χ1n) is 7.28. The van der Waals surface area contributed by atoms with Crippen molar-refractivity contribution in [3.8, 4) is 17.1 Å². The van der Waals surface area contributed by atoms with Gasteiger partial charge in [0.05, 0.1) is 0 Å². The molecule has 3 rings (SSSR count). The Bertz CT molecular complexity index is 713. The Morgan fingerprint density at radius 1 is 1.29 bits per heavy atom. The van der Waals surface area contributed by atoms with Crippen LogP contribution >= 0.6 is 0 Å². The van der Waals surface area contributed by atoms with Crippen LogP contribution in [0.5, 0.6) is 5.75 Å². The normalized spacial score (nSPS) is 13.8. The summed E-state index contributed by atoms with van der Waals surface area (Å²) in [6, 6.07) is 4.63. The van der Waals surface area contributed by atoms with Crippen molar-refractivity contribution in [2.75, 3.05) is 6.61 Å². The molecule has 2 aromatic rings. The van der Waals surface area contributed by atoms with E-state index in [1.807, 2.05) is 0 Å². The SMILES string of the molecule is CCC.O=C1COc2cc(-c3noc(C(F)(F)F)n3)ccc2CN1. The molecule has 1 aromatic carbocycles. The number of ether oxygens (including phenoxy) is 1. The van der Waals surface area contributed by atoms with E-state index < -0.39 is 12.1 Å². The van der Waals surface area contributed by atoms with E-state index in [1.165, 1.54) is 18.6 Å². The Kier molecular flexibility index (Phi) is 5.42. The van der Waals surface area contributed by atoms with E-state index in [9.17, 15) is 18.0 Å². The molecule has 0 atom stereocenters. The minimum Gasteiger partial charge on any atom is -0.483 e. The molecule has 1 aliphatic heterocycles. The maximum Gasteiger partial charge on any atom is 0.471 e. The van der Waals surface area contributed by atoms with E-state index in [0.717, 1.165) is 0 Å². The summed E-state index contributed by atoms with van der Waals surface area (Å²) in [5, 5.41) is 5.92. The molecule has 0 spiro atoms. The molecule has 24 heavy (non-hydrogen) atoms. The van der Waals surface area contributed by atoms with Gasteiger partial charge in [-0.25, -0.2) is 0 Å². The van der Waals surface area contributed by atoms with Crippen molar-refractivity contribution in [1.29, 1.82) is 0 Å². The number of hydrogen-bond acceptors (Lipinski definition) is 5. The molecular formula is C15H16F3N3O3. The summed E-state index contributed by atoms with van der Waals surface area (Å²) < 4.78 is 46.7. The number of carbonyl (C=O) groups is 1. The van der Waals surface area contributed by atoms with Gasteiger partial charge in [0.25, 0.3) is 5.91 Å². The Balaban J connectivity index is 0.000000647. The van der Waals surface area contributed by atoms with E-state index in [1.54, 1.807) is 6.07 Å². The number of hydrogen-bond donors (Lipinski definition) is 1. The average Bonchev–Trinajstić information content (AvgIpc) is 2.95.